The largest absolute Gasteiger partial charge is 0.467 e. The Kier molecular flexibility index (Phi) is 9.06. The number of anilines is 1. The van der Waals surface area contributed by atoms with Crippen molar-refractivity contribution in [2.24, 2.45) is 0 Å². The van der Waals surface area contributed by atoms with Crippen LogP contribution in [0.4, 0.5) is 5.69 Å². The van der Waals surface area contributed by atoms with Crippen LogP contribution in [0.2, 0.25) is 10.0 Å². The average Bonchev–Trinajstić information content (AvgIpc) is 3.02. The van der Waals surface area contributed by atoms with Gasteiger partial charge in [-0.15, -0.1) is 11.8 Å². The van der Waals surface area contributed by atoms with Crippen LogP contribution < -0.4 is 10.6 Å². The molecule has 0 unspecified atom stereocenters. The Hall–Kier alpha value is -2.75. The quantitative estimate of drug-likeness (QED) is 0.451. The van der Waals surface area contributed by atoms with Crippen LogP contribution in [-0.2, 0) is 25.5 Å². The molecule has 2 atom stereocenters. The lowest BCUT2D eigenvalue weighted by atomic mass is 9.98. The minimum Gasteiger partial charge on any atom is -0.467 e. The number of ether oxygens (including phenoxy) is 1. The number of amides is 3. The van der Waals surface area contributed by atoms with Crippen LogP contribution in [0.5, 0.6) is 0 Å². The molecule has 1 saturated heterocycles. The Balaban J connectivity index is 1.75. The molecular formula is C27H31Cl2N3O5S. The highest BCUT2D eigenvalue weighted by Crippen LogP contribution is 2.51. The third kappa shape index (κ3) is 6.45. The topological polar surface area (TPSA) is 105 Å². The minimum absolute atomic E-state index is 0.146. The highest BCUT2D eigenvalue weighted by molar-refractivity contribution is 8.02. The van der Waals surface area contributed by atoms with E-state index in [2.05, 4.69) is 10.6 Å². The highest BCUT2D eigenvalue weighted by Gasteiger charge is 2.56. The van der Waals surface area contributed by atoms with Gasteiger partial charge in [0.2, 0.25) is 11.8 Å². The summed E-state index contributed by atoms with van der Waals surface area (Å²) in [6.45, 7) is 9.03. The summed E-state index contributed by atoms with van der Waals surface area (Å²) < 4.78 is 4.36. The monoisotopic (exact) mass is 579 g/mol. The number of nitrogens with zero attached hydrogens (tertiary/aromatic N) is 1. The zero-order valence-electron chi connectivity index (χ0n) is 22.1. The Morgan fingerprint density at radius 1 is 1.03 bits per heavy atom. The number of hydrogen-bond donors (Lipinski definition) is 2. The van der Waals surface area contributed by atoms with Crippen molar-refractivity contribution in [1.29, 1.82) is 0 Å². The van der Waals surface area contributed by atoms with E-state index in [1.165, 1.54) is 25.8 Å². The second-order valence-electron chi connectivity index (χ2n) is 9.98. The lowest BCUT2D eigenvalue weighted by molar-refractivity contribution is -0.147. The lowest BCUT2D eigenvalue weighted by Crippen LogP contribution is -2.58. The fourth-order valence-electron chi connectivity index (χ4n) is 4.82. The molecule has 0 aliphatic carbocycles. The number of rotatable bonds is 7. The van der Waals surface area contributed by atoms with Crippen molar-refractivity contribution >= 4 is 64.3 Å². The van der Waals surface area contributed by atoms with Crippen LogP contribution in [0.3, 0.4) is 0 Å². The number of carbonyl (C=O) groups excluding carboxylic acids is 4. The van der Waals surface area contributed by atoms with Crippen LogP contribution in [0.15, 0.2) is 42.5 Å². The van der Waals surface area contributed by atoms with Crippen LogP contribution in [-0.4, -0.2) is 57.4 Å². The molecule has 0 spiro atoms. The number of nitrogens with one attached hydrogen (secondary N) is 2. The number of esters is 1. The summed E-state index contributed by atoms with van der Waals surface area (Å²) in [7, 11) is 1.25. The summed E-state index contributed by atoms with van der Waals surface area (Å²) in [5, 5.41) is 6.01. The molecule has 8 nitrogen and oxygen atoms in total. The number of methoxy groups -OCH3 is 1. The van der Waals surface area contributed by atoms with Gasteiger partial charge in [-0.05, 0) is 57.5 Å². The molecule has 3 rings (SSSR count). The Bertz CT molecular complexity index is 1230. The fraction of sp³-hybridized carbons (Fsp3) is 0.407. The van der Waals surface area contributed by atoms with Crippen molar-refractivity contribution in [3.05, 3.63) is 63.6 Å². The maximum Gasteiger partial charge on any atom is 0.328 e. The molecule has 11 heteroatoms. The number of halogens is 2. The summed E-state index contributed by atoms with van der Waals surface area (Å²) in [6, 6.07) is 9.85. The van der Waals surface area contributed by atoms with Gasteiger partial charge in [0.25, 0.3) is 5.91 Å². The molecule has 204 valence electrons. The molecule has 1 heterocycles. The van der Waals surface area contributed by atoms with Gasteiger partial charge in [0.15, 0.2) is 0 Å². The van der Waals surface area contributed by atoms with E-state index in [0.29, 0.717) is 5.69 Å². The van der Waals surface area contributed by atoms with E-state index >= 15 is 0 Å². The van der Waals surface area contributed by atoms with Gasteiger partial charge in [0.1, 0.15) is 12.1 Å². The van der Waals surface area contributed by atoms with E-state index in [4.69, 9.17) is 27.9 Å². The summed E-state index contributed by atoms with van der Waals surface area (Å²) in [4.78, 5) is 52.1. The molecule has 3 amide bonds. The maximum atomic E-state index is 13.5. The van der Waals surface area contributed by atoms with Crippen molar-refractivity contribution < 1.29 is 23.9 Å². The Morgan fingerprint density at radius 3 is 2.13 bits per heavy atom. The zero-order valence-corrected chi connectivity index (χ0v) is 24.4. The molecule has 2 N–H and O–H groups in total. The van der Waals surface area contributed by atoms with Crippen molar-refractivity contribution in [2.45, 2.75) is 62.7 Å². The van der Waals surface area contributed by atoms with Gasteiger partial charge in [-0.1, -0.05) is 41.4 Å². The van der Waals surface area contributed by atoms with Gasteiger partial charge in [-0.25, -0.2) is 4.79 Å². The van der Waals surface area contributed by atoms with Crippen molar-refractivity contribution in [1.82, 2.24) is 10.2 Å². The minimum atomic E-state index is -0.979. The summed E-state index contributed by atoms with van der Waals surface area (Å²) in [5.74, 6) is -1.72. The fourth-order valence-corrected chi connectivity index (χ4v) is 7.33. The SMILES string of the molecule is COC(=O)[C@H](Cc1ccc(NC(=O)c2c(Cl)cccc2Cl)cc1)NC(=O)[C@@H]1N(C(C)=O)C(C)(C)SC1(C)C. The van der Waals surface area contributed by atoms with Gasteiger partial charge in [0.05, 0.1) is 27.6 Å². The predicted molar refractivity (Wildman–Crippen MR) is 151 cm³/mol. The van der Waals surface area contributed by atoms with Crippen LogP contribution in [0, 0.1) is 0 Å². The van der Waals surface area contributed by atoms with E-state index in [9.17, 15) is 19.2 Å². The van der Waals surface area contributed by atoms with Gasteiger partial charge in [-0.2, -0.15) is 0 Å². The number of hydrogen-bond acceptors (Lipinski definition) is 6. The number of benzene rings is 2. The maximum absolute atomic E-state index is 13.5. The van der Waals surface area contributed by atoms with Crippen molar-refractivity contribution in [3.8, 4) is 0 Å². The first-order valence-electron chi connectivity index (χ1n) is 11.9. The molecular weight excluding hydrogens is 549 g/mol. The molecule has 0 bridgehead atoms. The Labute approximate surface area is 236 Å². The van der Waals surface area contributed by atoms with Gasteiger partial charge < -0.3 is 20.3 Å². The molecule has 0 aromatic heterocycles. The van der Waals surface area contributed by atoms with Gasteiger partial charge >= 0.3 is 5.97 Å². The first-order valence-corrected chi connectivity index (χ1v) is 13.5. The lowest BCUT2D eigenvalue weighted by Gasteiger charge is -2.34. The molecule has 1 aliphatic rings. The summed E-state index contributed by atoms with van der Waals surface area (Å²) in [5.41, 5.74) is 1.39. The summed E-state index contributed by atoms with van der Waals surface area (Å²) in [6.07, 6.45) is 0.146. The van der Waals surface area contributed by atoms with E-state index in [1.54, 1.807) is 47.4 Å². The molecule has 2 aromatic carbocycles. The molecule has 1 fully saturated rings. The standard InChI is InChI=1S/C27H31Cl2N3O5S/c1-15(33)32-22(26(2,3)38-27(32,4)5)24(35)31-20(25(36)37-6)14-16-10-12-17(13-11-16)30-23(34)21-18(28)8-7-9-19(21)29/h7-13,20,22H,14H2,1-6H3,(H,30,34)(H,31,35)/t20-,22-/m0/s1. The van der Waals surface area contributed by atoms with E-state index in [1.807, 2.05) is 27.7 Å². The third-order valence-electron chi connectivity index (χ3n) is 6.24. The van der Waals surface area contributed by atoms with Crippen LogP contribution in [0.1, 0.15) is 50.5 Å². The predicted octanol–water partition coefficient (Wildman–Crippen LogP) is 4.92. The summed E-state index contributed by atoms with van der Waals surface area (Å²) >= 11 is 13.8. The second kappa shape index (κ2) is 11.6. The van der Waals surface area contributed by atoms with Crippen LogP contribution >= 0.6 is 35.0 Å². The third-order valence-corrected chi connectivity index (χ3v) is 8.32. The highest BCUT2D eigenvalue weighted by atomic mass is 35.5. The zero-order chi connectivity index (χ0) is 28.4. The van der Waals surface area contributed by atoms with E-state index in [0.717, 1.165) is 5.56 Å². The van der Waals surface area contributed by atoms with E-state index in [-0.39, 0.29) is 27.9 Å². The first kappa shape index (κ1) is 29.8. The van der Waals surface area contributed by atoms with Crippen molar-refractivity contribution in [2.75, 3.05) is 12.4 Å². The van der Waals surface area contributed by atoms with Crippen LogP contribution in [0.25, 0.3) is 0 Å². The molecule has 38 heavy (non-hydrogen) atoms. The normalized spacial score (nSPS) is 18.4. The molecule has 0 saturated carbocycles. The molecule has 0 radical (unpaired) electrons. The smallest absolute Gasteiger partial charge is 0.328 e. The second-order valence-corrected chi connectivity index (χ2v) is 13.0. The first-order chi connectivity index (χ1) is 17.7. The molecule has 2 aromatic rings. The Morgan fingerprint density at radius 2 is 1.61 bits per heavy atom. The average molecular weight is 581 g/mol. The molecule has 1 aliphatic heterocycles. The van der Waals surface area contributed by atoms with Gasteiger partial charge in [-0.3, -0.25) is 14.4 Å². The van der Waals surface area contributed by atoms with E-state index < -0.39 is 39.5 Å². The number of carbonyl (C=O) groups is 4. The van der Waals surface area contributed by atoms with Gasteiger partial charge in [0, 0.05) is 23.8 Å². The van der Waals surface area contributed by atoms with Crippen molar-refractivity contribution in [3.63, 3.8) is 0 Å². The number of thioether (sulfide) groups is 1.